The van der Waals surface area contributed by atoms with Crippen molar-refractivity contribution in [2.45, 2.75) is 25.9 Å². The first-order valence-corrected chi connectivity index (χ1v) is 13.4. The Morgan fingerprint density at radius 2 is 1.56 bits per heavy atom. The van der Waals surface area contributed by atoms with Gasteiger partial charge in [-0.25, -0.2) is 4.79 Å². The van der Waals surface area contributed by atoms with Gasteiger partial charge in [0.05, 0.1) is 44.1 Å². The molecule has 4 aromatic rings. The van der Waals surface area contributed by atoms with Crippen molar-refractivity contribution in [1.29, 1.82) is 0 Å². The average Bonchev–Trinajstić information content (AvgIpc) is 3.49. The van der Waals surface area contributed by atoms with Crippen molar-refractivity contribution in [3.63, 3.8) is 0 Å². The summed E-state index contributed by atoms with van der Waals surface area (Å²) in [5.41, 5.74) is 3.78. The molecule has 3 amide bonds. The van der Waals surface area contributed by atoms with Gasteiger partial charge in [0.15, 0.2) is 0 Å². The fourth-order valence-electron chi connectivity index (χ4n) is 5.25. The lowest BCUT2D eigenvalue weighted by Gasteiger charge is -2.40. The molecule has 1 atom stereocenters. The number of ether oxygens (including phenoxy) is 3. The van der Waals surface area contributed by atoms with Gasteiger partial charge in [0.25, 0.3) is 0 Å². The molecule has 9 heteroatoms. The fraction of sp³-hybridized carbons (Fsp3) is 0.250. The smallest absolute Gasteiger partial charge is 0.322 e. The van der Waals surface area contributed by atoms with E-state index in [2.05, 4.69) is 9.88 Å². The maximum atomic E-state index is 14.4. The van der Waals surface area contributed by atoms with Crippen LogP contribution >= 0.6 is 0 Å². The quantitative estimate of drug-likeness (QED) is 0.294. The average molecular weight is 555 g/mol. The summed E-state index contributed by atoms with van der Waals surface area (Å²) in [6, 6.07) is 23.2. The first-order valence-electron chi connectivity index (χ1n) is 13.4. The summed E-state index contributed by atoms with van der Waals surface area (Å²) < 4.78 is 18.8. The molecule has 1 N–H and O–H groups in total. The summed E-state index contributed by atoms with van der Waals surface area (Å²) in [5, 5.41) is 2.91. The standard InChI is InChI=1S/C32H34N4O5/c1-21(2)35(32(38)33-24-11-6-9-15-29(24)41-5)20-30(37)36-26-13-8-7-12-25(26)34-18-10-14-27(34)31(36)23-19-22(39-3)16-17-28(23)40-4/h6-19,21,31H,20H2,1-5H3,(H,33,38). The lowest BCUT2D eigenvalue weighted by Crippen LogP contribution is -2.49. The van der Waals surface area contributed by atoms with Gasteiger partial charge in [0.1, 0.15) is 29.8 Å². The number of anilines is 2. The van der Waals surface area contributed by atoms with Crippen molar-refractivity contribution >= 4 is 23.3 Å². The van der Waals surface area contributed by atoms with E-state index in [9.17, 15) is 9.59 Å². The van der Waals surface area contributed by atoms with E-state index in [1.807, 2.05) is 86.8 Å². The normalized spacial score (nSPS) is 13.7. The molecule has 1 aliphatic rings. The van der Waals surface area contributed by atoms with Crippen LogP contribution in [-0.4, -0.2) is 55.3 Å². The van der Waals surface area contributed by atoms with Crippen LogP contribution in [0.1, 0.15) is 31.1 Å². The molecule has 0 saturated carbocycles. The van der Waals surface area contributed by atoms with Crippen LogP contribution in [0.25, 0.3) is 5.69 Å². The number of hydrogen-bond donors (Lipinski definition) is 1. The van der Waals surface area contributed by atoms with E-state index >= 15 is 0 Å². The fourth-order valence-corrected chi connectivity index (χ4v) is 5.25. The van der Waals surface area contributed by atoms with Gasteiger partial charge in [0.2, 0.25) is 5.91 Å². The van der Waals surface area contributed by atoms with Crippen LogP contribution in [0, 0.1) is 0 Å². The van der Waals surface area contributed by atoms with Crippen LogP contribution in [0.5, 0.6) is 17.2 Å². The highest BCUT2D eigenvalue weighted by Gasteiger charge is 2.39. The van der Waals surface area contributed by atoms with Gasteiger partial charge in [-0.05, 0) is 68.4 Å². The second-order valence-electron chi connectivity index (χ2n) is 9.92. The van der Waals surface area contributed by atoms with E-state index in [1.54, 1.807) is 38.4 Å². The molecule has 41 heavy (non-hydrogen) atoms. The monoisotopic (exact) mass is 554 g/mol. The topological polar surface area (TPSA) is 85.3 Å². The van der Waals surface area contributed by atoms with Gasteiger partial charge in [-0.1, -0.05) is 24.3 Å². The molecule has 1 aliphatic heterocycles. The third-order valence-electron chi connectivity index (χ3n) is 7.26. The molecular weight excluding hydrogens is 520 g/mol. The first-order chi connectivity index (χ1) is 19.9. The van der Waals surface area contributed by atoms with E-state index in [4.69, 9.17) is 14.2 Å². The molecule has 0 radical (unpaired) electrons. The number of nitrogens with zero attached hydrogens (tertiary/aromatic N) is 3. The number of aromatic nitrogens is 1. The lowest BCUT2D eigenvalue weighted by atomic mass is 9.96. The Bertz CT molecular complexity index is 1560. The van der Waals surface area contributed by atoms with Crippen LogP contribution in [0.2, 0.25) is 0 Å². The van der Waals surface area contributed by atoms with E-state index in [0.717, 1.165) is 22.6 Å². The molecule has 9 nitrogen and oxygen atoms in total. The Balaban J connectivity index is 1.57. The zero-order valence-corrected chi connectivity index (χ0v) is 23.8. The summed E-state index contributed by atoms with van der Waals surface area (Å²) >= 11 is 0. The Kier molecular flexibility index (Phi) is 7.87. The molecule has 0 fully saturated rings. The highest BCUT2D eigenvalue weighted by Crippen LogP contribution is 2.45. The molecule has 212 valence electrons. The summed E-state index contributed by atoms with van der Waals surface area (Å²) in [5.74, 6) is 1.55. The third-order valence-corrected chi connectivity index (χ3v) is 7.26. The first kappa shape index (κ1) is 27.6. The van der Waals surface area contributed by atoms with Gasteiger partial charge in [-0.15, -0.1) is 0 Å². The number of carbonyl (C=O) groups is 2. The van der Waals surface area contributed by atoms with Crippen LogP contribution in [0.15, 0.2) is 85.1 Å². The minimum Gasteiger partial charge on any atom is -0.497 e. The number of hydrogen-bond acceptors (Lipinski definition) is 5. The third kappa shape index (κ3) is 5.18. The predicted octanol–water partition coefficient (Wildman–Crippen LogP) is 5.88. The highest BCUT2D eigenvalue weighted by molar-refractivity contribution is 6.02. The minimum atomic E-state index is -0.538. The SMILES string of the molecule is COc1ccc(OC)c(C2c3cccn3-c3ccccc3N2C(=O)CN(C(=O)Nc2ccccc2OC)C(C)C)c1. The molecule has 0 bridgehead atoms. The molecular formula is C32H34N4O5. The maximum absolute atomic E-state index is 14.4. The second kappa shape index (κ2) is 11.7. The van der Waals surface area contributed by atoms with Crippen LogP contribution in [0.3, 0.4) is 0 Å². The molecule has 1 aromatic heterocycles. The Labute approximate surface area is 239 Å². The number of rotatable bonds is 8. The van der Waals surface area contributed by atoms with Crippen molar-refractivity contribution in [3.05, 3.63) is 96.3 Å². The summed E-state index contributed by atoms with van der Waals surface area (Å²) in [4.78, 5) is 31.2. The van der Waals surface area contributed by atoms with Crippen molar-refractivity contribution < 1.29 is 23.8 Å². The van der Waals surface area contributed by atoms with Gasteiger partial charge < -0.3 is 29.0 Å². The molecule has 1 unspecified atom stereocenters. The Morgan fingerprint density at radius 3 is 2.27 bits per heavy atom. The lowest BCUT2D eigenvalue weighted by molar-refractivity contribution is -0.119. The maximum Gasteiger partial charge on any atom is 0.322 e. The Hall–Kier alpha value is -4.92. The number of amides is 3. The van der Waals surface area contributed by atoms with Crippen LogP contribution in [0.4, 0.5) is 16.2 Å². The summed E-state index contributed by atoms with van der Waals surface area (Å²) in [6.45, 7) is 3.61. The zero-order chi connectivity index (χ0) is 29.1. The van der Waals surface area contributed by atoms with E-state index < -0.39 is 12.1 Å². The molecule has 0 aliphatic carbocycles. The molecule has 2 heterocycles. The number of benzene rings is 3. The molecule has 5 rings (SSSR count). The minimum absolute atomic E-state index is 0.156. The number of fused-ring (bicyclic) bond motifs is 3. The number of carbonyl (C=O) groups excluding carboxylic acids is 2. The predicted molar refractivity (Wildman–Crippen MR) is 158 cm³/mol. The number of methoxy groups -OCH3 is 3. The zero-order valence-electron chi connectivity index (χ0n) is 23.8. The van der Waals surface area contributed by atoms with Crippen molar-refractivity contribution in [2.24, 2.45) is 0 Å². The Morgan fingerprint density at radius 1 is 0.854 bits per heavy atom. The highest BCUT2D eigenvalue weighted by atomic mass is 16.5. The summed E-state index contributed by atoms with van der Waals surface area (Å²) in [6.07, 6.45) is 1.98. The van der Waals surface area contributed by atoms with Gasteiger partial charge in [-0.2, -0.15) is 0 Å². The molecule has 0 saturated heterocycles. The number of para-hydroxylation sites is 4. The van der Waals surface area contributed by atoms with Crippen LogP contribution in [-0.2, 0) is 4.79 Å². The van der Waals surface area contributed by atoms with Gasteiger partial charge in [0, 0.05) is 17.8 Å². The van der Waals surface area contributed by atoms with Crippen molar-refractivity contribution in [2.75, 3.05) is 38.1 Å². The van der Waals surface area contributed by atoms with Crippen molar-refractivity contribution in [3.8, 4) is 22.9 Å². The van der Waals surface area contributed by atoms with Gasteiger partial charge >= 0.3 is 6.03 Å². The molecule has 0 spiro atoms. The number of nitrogens with one attached hydrogen (secondary N) is 1. The van der Waals surface area contributed by atoms with Gasteiger partial charge in [-0.3, -0.25) is 9.69 Å². The van der Waals surface area contributed by atoms with Crippen molar-refractivity contribution in [1.82, 2.24) is 9.47 Å². The second-order valence-corrected chi connectivity index (χ2v) is 9.92. The van der Waals surface area contributed by atoms with E-state index in [0.29, 0.717) is 22.9 Å². The van der Waals surface area contributed by atoms with E-state index in [-0.39, 0.29) is 18.5 Å². The van der Waals surface area contributed by atoms with E-state index in [1.165, 1.54) is 4.90 Å². The summed E-state index contributed by atoms with van der Waals surface area (Å²) in [7, 11) is 4.76. The number of urea groups is 1. The molecule has 3 aromatic carbocycles. The largest absolute Gasteiger partial charge is 0.497 e. The van der Waals surface area contributed by atoms with Crippen LogP contribution < -0.4 is 24.4 Å².